The van der Waals surface area contributed by atoms with E-state index in [4.69, 9.17) is 23.2 Å². The average molecular weight is 515 g/mol. The lowest BCUT2D eigenvalue weighted by molar-refractivity contribution is -0.141. The summed E-state index contributed by atoms with van der Waals surface area (Å²) in [7, 11) is 0. The third-order valence-corrected chi connectivity index (χ3v) is 6.64. The van der Waals surface area contributed by atoms with Crippen molar-refractivity contribution in [2.45, 2.75) is 51.7 Å². The van der Waals surface area contributed by atoms with Crippen molar-refractivity contribution in [1.82, 2.24) is 10.2 Å². The van der Waals surface area contributed by atoms with Crippen molar-refractivity contribution in [3.63, 3.8) is 0 Å². The fourth-order valence-electron chi connectivity index (χ4n) is 3.74. The summed E-state index contributed by atoms with van der Waals surface area (Å²) in [6.07, 6.45) is 1.01. The maximum atomic E-state index is 13.7. The summed E-state index contributed by atoms with van der Waals surface area (Å²) in [5, 5.41) is 3.79. The van der Waals surface area contributed by atoms with Gasteiger partial charge in [0.15, 0.2) is 0 Å². The third-order valence-electron chi connectivity index (χ3n) is 5.93. The molecule has 7 heteroatoms. The highest BCUT2D eigenvalue weighted by molar-refractivity contribution is 6.36. The first-order valence-corrected chi connectivity index (χ1v) is 12.3. The number of amides is 2. The molecule has 0 bridgehead atoms. The standard InChI is InChI=1S/C28H29Cl2FN2O2/c1-3-19(2)32-28(35)26(16-20-8-5-4-6-9-20)33(18-21-12-14-22(31)15-13-21)27(34)17-23-24(29)10-7-11-25(23)30/h4-15,19,26H,3,16-18H2,1-2H3,(H,32,35)/t19-,26+/m0/s1. The highest BCUT2D eigenvalue weighted by Crippen LogP contribution is 2.26. The highest BCUT2D eigenvalue weighted by Gasteiger charge is 2.31. The van der Waals surface area contributed by atoms with Gasteiger partial charge in [0, 0.05) is 29.1 Å². The van der Waals surface area contributed by atoms with Crippen molar-refractivity contribution in [3.8, 4) is 0 Å². The van der Waals surface area contributed by atoms with Crippen molar-refractivity contribution < 1.29 is 14.0 Å². The molecule has 184 valence electrons. The number of carbonyl (C=O) groups is 2. The van der Waals surface area contributed by atoms with E-state index < -0.39 is 6.04 Å². The van der Waals surface area contributed by atoms with Crippen LogP contribution in [0.5, 0.6) is 0 Å². The van der Waals surface area contributed by atoms with Gasteiger partial charge in [0.05, 0.1) is 6.42 Å². The van der Waals surface area contributed by atoms with Gasteiger partial charge in [0.2, 0.25) is 11.8 Å². The van der Waals surface area contributed by atoms with E-state index in [0.29, 0.717) is 27.6 Å². The van der Waals surface area contributed by atoms with E-state index >= 15 is 0 Å². The summed E-state index contributed by atoms with van der Waals surface area (Å²) in [6, 6.07) is 19.7. The zero-order valence-corrected chi connectivity index (χ0v) is 21.3. The van der Waals surface area contributed by atoms with Gasteiger partial charge in [-0.15, -0.1) is 0 Å². The molecule has 1 N–H and O–H groups in total. The number of carbonyl (C=O) groups excluding carboxylic acids is 2. The average Bonchev–Trinajstić information content (AvgIpc) is 2.85. The van der Waals surface area contributed by atoms with E-state index in [1.807, 2.05) is 44.2 Å². The fraction of sp³-hybridized carbons (Fsp3) is 0.286. The van der Waals surface area contributed by atoms with Crippen LogP contribution >= 0.6 is 23.2 Å². The first-order valence-electron chi connectivity index (χ1n) is 11.6. The molecule has 0 aliphatic carbocycles. The van der Waals surface area contributed by atoms with E-state index in [2.05, 4.69) is 5.32 Å². The molecule has 2 amide bonds. The Morgan fingerprint density at radius 3 is 2.14 bits per heavy atom. The second kappa shape index (κ2) is 12.7. The van der Waals surface area contributed by atoms with Gasteiger partial charge in [-0.1, -0.05) is 78.7 Å². The highest BCUT2D eigenvalue weighted by atomic mass is 35.5. The number of halogens is 3. The molecule has 4 nitrogen and oxygen atoms in total. The molecular formula is C28H29Cl2FN2O2. The minimum Gasteiger partial charge on any atom is -0.352 e. The molecule has 0 radical (unpaired) electrons. The Labute approximate surface area is 216 Å². The van der Waals surface area contributed by atoms with Gasteiger partial charge in [0.1, 0.15) is 11.9 Å². The molecular weight excluding hydrogens is 486 g/mol. The maximum absolute atomic E-state index is 13.7. The lowest BCUT2D eigenvalue weighted by Crippen LogP contribution is -2.52. The first-order chi connectivity index (χ1) is 16.8. The molecule has 0 unspecified atom stereocenters. The Balaban J connectivity index is 2.00. The van der Waals surface area contributed by atoms with Crippen LogP contribution in [0, 0.1) is 5.82 Å². The van der Waals surface area contributed by atoms with Crippen LogP contribution in [-0.4, -0.2) is 28.8 Å². The van der Waals surface area contributed by atoms with E-state index in [1.165, 1.54) is 17.0 Å². The van der Waals surface area contributed by atoms with Gasteiger partial charge < -0.3 is 10.2 Å². The molecule has 0 saturated heterocycles. The van der Waals surface area contributed by atoms with Crippen molar-refractivity contribution in [2.75, 3.05) is 0 Å². The minimum absolute atomic E-state index is 0.0541. The summed E-state index contributed by atoms with van der Waals surface area (Å²) < 4.78 is 13.5. The van der Waals surface area contributed by atoms with Crippen LogP contribution < -0.4 is 5.32 Å². The maximum Gasteiger partial charge on any atom is 0.243 e. The molecule has 3 rings (SSSR count). The fourth-order valence-corrected chi connectivity index (χ4v) is 4.27. The van der Waals surface area contributed by atoms with Crippen molar-refractivity contribution in [1.29, 1.82) is 0 Å². The van der Waals surface area contributed by atoms with Gasteiger partial charge in [0.25, 0.3) is 0 Å². The predicted molar refractivity (Wildman–Crippen MR) is 139 cm³/mol. The number of hydrogen-bond acceptors (Lipinski definition) is 2. The molecule has 2 atom stereocenters. The van der Waals surface area contributed by atoms with Gasteiger partial charge in [-0.3, -0.25) is 9.59 Å². The smallest absolute Gasteiger partial charge is 0.243 e. The van der Waals surface area contributed by atoms with Crippen LogP contribution in [0.25, 0.3) is 0 Å². The van der Waals surface area contributed by atoms with E-state index in [0.717, 1.165) is 12.0 Å². The Bertz CT molecular complexity index is 1120. The molecule has 3 aromatic rings. The molecule has 0 saturated carbocycles. The summed E-state index contributed by atoms with van der Waals surface area (Å²) in [4.78, 5) is 28.8. The van der Waals surface area contributed by atoms with E-state index in [-0.39, 0.29) is 36.6 Å². The summed E-state index contributed by atoms with van der Waals surface area (Å²) in [6.45, 7) is 4.04. The zero-order chi connectivity index (χ0) is 25.4. The minimum atomic E-state index is -0.787. The Hall–Kier alpha value is -2.89. The molecule has 0 fully saturated rings. The Morgan fingerprint density at radius 1 is 0.914 bits per heavy atom. The monoisotopic (exact) mass is 514 g/mol. The second-order valence-electron chi connectivity index (χ2n) is 8.55. The normalized spacial score (nSPS) is 12.6. The lowest BCUT2D eigenvalue weighted by atomic mass is 10.0. The van der Waals surface area contributed by atoms with Gasteiger partial charge in [-0.25, -0.2) is 4.39 Å². The van der Waals surface area contributed by atoms with Gasteiger partial charge in [-0.05, 0) is 54.3 Å². The topological polar surface area (TPSA) is 49.4 Å². The van der Waals surface area contributed by atoms with Gasteiger partial charge >= 0.3 is 0 Å². The van der Waals surface area contributed by atoms with Crippen LogP contribution in [-0.2, 0) is 29.0 Å². The van der Waals surface area contributed by atoms with Crippen molar-refractivity contribution in [3.05, 3.63) is 105 Å². The molecule has 35 heavy (non-hydrogen) atoms. The molecule has 3 aromatic carbocycles. The third kappa shape index (κ3) is 7.55. The first kappa shape index (κ1) is 26.7. The molecule has 0 aromatic heterocycles. The second-order valence-corrected chi connectivity index (χ2v) is 9.36. The summed E-state index contributed by atoms with van der Waals surface area (Å²) >= 11 is 12.7. The molecule has 0 spiro atoms. The number of nitrogens with one attached hydrogen (secondary N) is 1. The number of nitrogens with zero attached hydrogens (tertiary/aromatic N) is 1. The van der Waals surface area contributed by atoms with Gasteiger partial charge in [-0.2, -0.15) is 0 Å². The van der Waals surface area contributed by atoms with Crippen molar-refractivity contribution in [2.24, 2.45) is 0 Å². The van der Waals surface area contributed by atoms with Crippen molar-refractivity contribution >= 4 is 35.0 Å². The zero-order valence-electron chi connectivity index (χ0n) is 19.8. The summed E-state index contributed by atoms with van der Waals surface area (Å²) in [5.74, 6) is -0.918. The largest absolute Gasteiger partial charge is 0.352 e. The van der Waals surface area contributed by atoms with Crippen LogP contribution in [0.4, 0.5) is 4.39 Å². The molecule has 0 heterocycles. The SMILES string of the molecule is CC[C@H](C)NC(=O)[C@@H](Cc1ccccc1)N(Cc1ccc(F)cc1)C(=O)Cc1c(Cl)cccc1Cl. The van der Waals surface area contributed by atoms with E-state index in [1.54, 1.807) is 30.3 Å². The van der Waals surface area contributed by atoms with Crippen LogP contribution in [0.15, 0.2) is 72.8 Å². The van der Waals surface area contributed by atoms with Crippen LogP contribution in [0.2, 0.25) is 10.0 Å². The Kier molecular flexibility index (Phi) is 9.70. The molecule has 0 aliphatic heterocycles. The number of benzene rings is 3. The lowest BCUT2D eigenvalue weighted by Gasteiger charge is -2.32. The quantitative estimate of drug-likeness (QED) is 0.348. The van der Waals surface area contributed by atoms with E-state index in [9.17, 15) is 14.0 Å². The predicted octanol–water partition coefficient (Wildman–Crippen LogP) is 6.23. The number of hydrogen-bond donors (Lipinski definition) is 1. The summed E-state index contributed by atoms with van der Waals surface area (Å²) in [5.41, 5.74) is 2.13. The van der Waals surface area contributed by atoms with Crippen LogP contribution in [0.3, 0.4) is 0 Å². The Morgan fingerprint density at radius 2 is 1.54 bits per heavy atom. The van der Waals surface area contributed by atoms with Crippen LogP contribution in [0.1, 0.15) is 37.0 Å². The molecule has 0 aliphatic rings. The number of rotatable bonds is 10.